The van der Waals surface area contributed by atoms with E-state index in [1.807, 2.05) is 6.92 Å². The SMILES string of the molecule is CCOCCn1nc(CC)c(CNC2CC2)c1CC. The van der Waals surface area contributed by atoms with Crippen molar-refractivity contribution in [2.75, 3.05) is 13.2 Å². The third-order valence-electron chi connectivity index (χ3n) is 3.72. The molecule has 1 aromatic rings. The molecule has 1 fully saturated rings. The van der Waals surface area contributed by atoms with Crippen LogP contribution in [0.5, 0.6) is 0 Å². The first-order valence-electron chi connectivity index (χ1n) is 7.68. The van der Waals surface area contributed by atoms with Gasteiger partial charge < -0.3 is 10.1 Å². The van der Waals surface area contributed by atoms with Gasteiger partial charge in [0.15, 0.2) is 0 Å². The molecule has 2 rings (SSSR count). The lowest BCUT2D eigenvalue weighted by molar-refractivity contribution is 0.135. The molecule has 4 nitrogen and oxygen atoms in total. The van der Waals surface area contributed by atoms with Gasteiger partial charge in [0.25, 0.3) is 0 Å². The zero-order valence-electron chi connectivity index (χ0n) is 12.5. The van der Waals surface area contributed by atoms with Gasteiger partial charge in [-0.15, -0.1) is 0 Å². The van der Waals surface area contributed by atoms with Crippen molar-refractivity contribution in [3.63, 3.8) is 0 Å². The van der Waals surface area contributed by atoms with Crippen LogP contribution in [0.3, 0.4) is 0 Å². The summed E-state index contributed by atoms with van der Waals surface area (Å²) in [6.45, 7) is 9.82. The van der Waals surface area contributed by atoms with E-state index >= 15 is 0 Å². The van der Waals surface area contributed by atoms with Crippen molar-refractivity contribution in [3.8, 4) is 0 Å². The molecule has 0 saturated heterocycles. The van der Waals surface area contributed by atoms with Gasteiger partial charge in [0.1, 0.15) is 0 Å². The van der Waals surface area contributed by atoms with Crippen molar-refractivity contribution in [2.45, 2.75) is 65.6 Å². The third-order valence-corrected chi connectivity index (χ3v) is 3.72. The molecule has 0 radical (unpaired) electrons. The highest BCUT2D eigenvalue weighted by Gasteiger charge is 2.22. The Labute approximate surface area is 116 Å². The monoisotopic (exact) mass is 265 g/mol. The summed E-state index contributed by atoms with van der Waals surface area (Å²) in [7, 11) is 0. The van der Waals surface area contributed by atoms with Crippen LogP contribution in [0, 0.1) is 0 Å². The summed E-state index contributed by atoms with van der Waals surface area (Å²) in [4.78, 5) is 0. The Morgan fingerprint density at radius 1 is 1.26 bits per heavy atom. The molecule has 0 unspecified atom stereocenters. The third kappa shape index (κ3) is 3.80. The van der Waals surface area contributed by atoms with Crippen LogP contribution in [-0.2, 0) is 30.7 Å². The van der Waals surface area contributed by atoms with Crippen LogP contribution in [0.1, 0.15) is 50.6 Å². The Morgan fingerprint density at radius 3 is 2.63 bits per heavy atom. The van der Waals surface area contributed by atoms with Crippen molar-refractivity contribution in [1.29, 1.82) is 0 Å². The Bertz CT molecular complexity index is 396. The molecule has 4 heteroatoms. The van der Waals surface area contributed by atoms with Gasteiger partial charge in [0.05, 0.1) is 18.8 Å². The molecule has 0 aromatic carbocycles. The second-order valence-electron chi connectivity index (χ2n) is 5.15. The summed E-state index contributed by atoms with van der Waals surface area (Å²) >= 11 is 0. The van der Waals surface area contributed by atoms with E-state index < -0.39 is 0 Å². The Morgan fingerprint density at radius 2 is 2.05 bits per heavy atom. The maximum Gasteiger partial charge on any atom is 0.0669 e. The molecule has 19 heavy (non-hydrogen) atoms. The van der Waals surface area contributed by atoms with Crippen molar-refractivity contribution in [2.24, 2.45) is 0 Å². The van der Waals surface area contributed by atoms with Crippen LogP contribution < -0.4 is 5.32 Å². The average Bonchev–Trinajstić information content (AvgIpc) is 3.18. The summed E-state index contributed by atoms with van der Waals surface area (Å²) in [6.07, 6.45) is 4.72. The molecular formula is C15H27N3O. The number of rotatable bonds is 9. The predicted octanol–water partition coefficient (Wildman–Crippen LogP) is 2.30. The predicted molar refractivity (Wildman–Crippen MR) is 77.3 cm³/mol. The zero-order chi connectivity index (χ0) is 13.7. The second kappa shape index (κ2) is 7.06. The number of aromatic nitrogens is 2. The van der Waals surface area contributed by atoms with Crippen LogP contribution in [0.2, 0.25) is 0 Å². The molecule has 0 atom stereocenters. The summed E-state index contributed by atoms with van der Waals surface area (Å²) in [5.41, 5.74) is 4.06. The van der Waals surface area contributed by atoms with E-state index in [0.29, 0.717) is 0 Å². The standard InChI is InChI=1S/C15H27N3O/c1-4-14-13(11-16-12-7-8-12)15(5-2)18(17-14)9-10-19-6-3/h12,16H,4-11H2,1-3H3. The summed E-state index contributed by atoms with van der Waals surface area (Å²) in [6, 6.07) is 0.751. The molecule has 0 spiro atoms. The lowest BCUT2D eigenvalue weighted by Gasteiger charge is -2.08. The Balaban J connectivity index is 2.08. The number of hydrogen-bond acceptors (Lipinski definition) is 3. The Hall–Kier alpha value is -0.870. The number of hydrogen-bond donors (Lipinski definition) is 1. The number of ether oxygens (including phenoxy) is 1. The molecule has 1 aromatic heterocycles. The molecule has 1 heterocycles. The summed E-state index contributed by atoms with van der Waals surface area (Å²) < 4.78 is 7.60. The van der Waals surface area contributed by atoms with Gasteiger partial charge in [0.2, 0.25) is 0 Å². The van der Waals surface area contributed by atoms with Gasteiger partial charge in [-0.25, -0.2) is 0 Å². The normalized spacial score (nSPS) is 15.1. The maximum absolute atomic E-state index is 5.45. The first kappa shape index (κ1) is 14.5. The van der Waals surface area contributed by atoms with Gasteiger partial charge in [-0.05, 0) is 32.6 Å². The van der Waals surface area contributed by atoms with Gasteiger partial charge in [0, 0.05) is 30.5 Å². The minimum Gasteiger partial charge on any atom is -0.380 e. The van der Waals surface area contributed by atoms with Crippen LogP contribution >= 0.6 is 0 Å². The quantitative estimate of drug-likeness (QED) is 0.696. The number of aryl methyl sites for hydroxylation is 1. The second-order valence-corrected chi connectivity index (χ2v) is 5.15. The smallest absolute Gasteiger partial charge is 0.0669 e. The van der Waals surface area contributed by atoms with E-state index in [2.05, 4.69) is 23.8 Å². The fourth-order valence-corrected chi connectivity index (χ4v) is 2.49. The highest BCUT2D eigenvalue weighted by atomic mass is 16.5. The summed E-state index contributed by atoms with van der Waals surface area (Å²) in [5, 5.41) is 8.38. The molecule has 1 N–H and O–H groups in total. The molecule has 1 aliphatic rings. The van der Waals surface area contributed by atoms with Crippen molar-refractivity contribution in [3.05, 3.63) is 17.0 Å². The van der Waals surface area contributed by atoms with E-state index in [1.54, 1.807) is 0 Å². The number of nitrogens with one attached hydrogen (secondary N) is 1. The molecule has 0 aliphatic heterocycles. The largest absolute Gasteiger partial charge is 0.380 e. The first-order valence-corrected chi connectivity index (χ1v) is 7.68. The fraction of sp³-hybridized carbons (Fsp3) is 0.800. The highest BCUT2D eigenvalue weighted by molar-refractivity contribution is 5.27. The molecular weight excluding hydrogens is 238 g/mol. The number of nitrogens with zero attached hydrogens (tertiary/aromatic N) is 2. The average molecular weight is 265 g/mol. The van der Waals surface area contributed by atoms with Crippen LogP contribution in [0.25, 0.3) is 0 Å². The van der Waals surface area contributed by atoms with Gasteiger partial charge >= 0.3 is 0 Å². The van der Waals surface area contributed by atoms with Crippen LogP contribution in [-0.4, -0.2) is 29.0 Å². The molecule has 0 amide bonds. The van der Waals surface area contributed by atoms with Crippen LogP contribution in [0.15, 0.2) is 0 Å². The van der Waals surface area contributed by atoms with E-state index in [9.17, 15) is 0 Å². The fourth-order valence-electron chi connectivity index (χ4n) is 2.49. The minimum absolute atomic E-state index is 0.751. The highest BCUT2D eigenvalue weighted by Crippen LogP contribution is 2.22. The lowest BCUT2D eigenvalue weighted by atomic mass is 10.1. The Kier molecular flexibility index (Phi) is 5.40. The zero-order valence-corrected chi connectivity index (χ0v) is 12.5. The van der Waals surface area contributed by atoms with E-state index in [1.165, 1.54) is 29.8 Å². The van der Waals surface area contributed by atoms with Gasteiger partial charge in [-0.2, -0.15) is 5.10 Å². The molecule has 108 valence electrons. The molecule has 1 aliphatic carbocycles. The van der Waals surface area contributed by atoms with E-state index in [-0.39, 0.29) is 0 Å². The van der Waals surface area contributed by atoms with E-state index in [0.717, 1.165) is 45.2 Å². The van der Waals surface area contributed by atoms with Crippen LogP contribution in [0.4, 0.5) is 0 Å². The molecule has 0 bridgehead atoms. The minimum atomic E-state index is 0.751. The summed E-state index contributed by atoms with van der Waals surface area (Å²) in [5.74, 6) is 0. The van der Waals surface area contributed by atoms with Gasteiger partial charge in [-0.1, -0.05) is 13.8 Å². The van der Waals surface area contributed by atoms with Crippen molar-refractivity contribution in [1.82, 2.24) is 15.1 Å². The lowest BCUT2D eigenvalue weighted by Crippen LogP contribution is -2.17. The van der Waals surface area contributed by atoms with Crippen molar-refractivity contribution < 1.29 is 4.74 Å². The molecule has 1 saturated carbocycles. The maximum atomic E-state index is 5.45. The first-order chi connectivity index (χ1) is 9.30. The van der Waals surface area contributed by atoms with Crippen molar-refractivity contribution >= 4 is 0 Å². The topological polar surface area (TPSA) is 39.1 Å². The van der Waals surface area contributed by atoms with E-state index in [4.69, 9.17) is 9.84 Å². The van der Waals surface area contributed by atoms with Gasteiger partial charge in [-0.3, -0.25) is 4.68 Å².